The minimum Gasteiger partial charge on any atom is -0.353 e. The number of ether oxygens (including phenoxy) is 2. The Morgan fingerprint density at radius 3 is 1.59 bits per heavy atom. The molecular formula is C15H32O2. The first-order chi connectivity index (χ1) is 8.24. The monoisotopic (exact) mass is 244 g/mol. The van der Waals surface area contributed by atoms with Crippen molar-refractivity contribution in [2.45, 2.75) is 83.8 Å². The van der Waals surface area contributed by atoms with E-state index in [1.54, 1.807) is 14.2 Å². The number of methoxy groups -OCH3 is 2. The van der Waals surface area contributed by atoms with Gasteiger partial charge in [0.15, 0.2) is 5.79 Å². The Labute approximate surface area is 108 Å². The van der Waals surface area contributed by atoms with E-state index in [2.05, 4.69) is 13.8 Å². The highest BCUT2D eigenvalue weighted by molar-refractivity contribution is 4.66. The Balaban J connectivity index is 3.43. The fraction of sp³-hybridized carbons (Fsp3) is 1.00. The van der Waals surface area contributed by atoms with Crippen molar-refractivity contribution in [3.8, 4) is 0 Å². The molecule has 0 unspecified atom stereocenters. The van der Waals surface area contributed by atoms with Crippen LogP contribution in [0.2, 0.25) is 0 Å². The zero-order chi connectivity index (χ0) is 13.0. The lowest BCUT2D eigenvalue weighted by atomic mass is 10.0. The van der Waals surface area contributed by atoms with Gasteiger partial charge in [0.1, 0.15) is 0 Å². The lowest BCUT2D eigenvalue weighted by Crippen LogP contribution is -2.32. The van der Waals surface area contributed by atoms with Crippen LogP contribution in [0.3, 0.4) is 0 Å². The molecule has 17 heavy (non-hydrogen) atoms. The Morgan fingerprint density at radius 2 is 1.18 bits per heavy atom. The molecule has 0 saturated carbocycles. The average molecular weight is 244 g/mol. The van der Waals surface area contributed by atoms with Crippen molar-refractivity contribution in [2.75, 3.05) is 14.2 Å². The van der Waals surface area contributed by atoms with Gasteiger partial charge in [0, 0.05) is 20.6 Å². The van der Waals surface area contributed by atoms with Gasteiger partial charge in [-0.2, -0.15) is 0 Å². The zero-order valence-corrected chi connectivity index (χ0v) is 12.4. The number of hydrogen-bond acceptors (Lipinski definition) is 2. The maximum absolute atomic E-state index is 5.47. The van der Waals surface area contributed by atoms with Crippen molar-refractivity contribution in [3.05, 3.63) is 0 Å². The second-order valence-corrected chi connectivity index (χ2v) is 4.90. The minimum absolute atomic E-state index is 0.331. The lowest BCUT2D eigenvalue weighted by molar-refractivity contribution is -0.212. The van der Waals surface area contributed by atoms with Crippen LogP contribution in [0.1, 0.15) is 78.1 Å². The molecule has 0 aliphatic rings. The van der Waals surface area contributed by atoms with Gasteiger partial charge in [-0.3, -0.25) is 0 Å². The van der Waals surface area contributed by atoms with Gasteiger partial charge in [0.05, 0.1) is 0 Å². The highest BCUT2D eigenvalue weighted by atomic mass is 16.7. The summed E-state index contributed by atoms with van der Waals surface area (Å²) >= 11 is 0. The van der Waals surface area contributed by atoms with Crippen LogP contribution in [-0.2, 0) is 9.47 Å². The van der Waals surface area contributed by atoms with E-state index in [0.717, 1.165) is 12.8 Å². The molecule has 0 aromatic heterocycles. The quantitative estimate of drug-likeness (QED) is 0.358. The summed E-state index contributed by atoms with van der Waals surface area (Å²) < 4.78 is 10.9. The summed E-state index contributed by atoms with van der Waals surface area (Å²) in [5.74, 6) is -0.331. The van der Waals surface area contributed by atoms with Gasteiger partial charge in [0.2, 0.25) is 0 Å². The Hall–Kier alpha value is -0.0800. The van der Waals surface area contributed by atoms with E-state index in [9.17, 15) is 0 Å². The molecular weight excluding hydrogens is 212 g/mol. The van der Waals surface area contributed by atoms with Gasteiger partial charge in [-0.25, -0.2) is 0 Å². The Kier molecular flexibility index (Phi) is 11.0. The van der Waals surface area contributed by atoms with Gasteiger partial charge < -0.3 is 9.47 Å². The molecule has 0 spiro atoms. The largest absolute Gasteiger partial charge is 0.353 e. The predicted octanol–water partition coefficient (Wildman–Crippen LogP) is 4.92. The molecule has 2 heteroatoms. The van der Waals surface area contributed by atoms with Crippen LogP contribution in [0.25, 0.3) is 0 Å². The van der Waals surface area contributed by atoms with Crippen molar-refractivity contribution < 1.29 is 9.47 Å². The third-order valence-corrected chi connectivity index (χ3v) is 3.69. The summed E-state index contributed by atoms with van der Waals surface area (Å²) in [5.41, 5.74) is 0. The number of rotatable bonds is 12. The summed E-state index contributed by atoms with van der Waals surface area (Å²) in [7, 11) is 3.50. The summed E-state index contributed by atoms with van der Waals surface area (Å²) in [6.07, 6.45) is 12.8. The van der Waals surface area contributed by atoms with Crippen molar-refractivity contribution in [1.82, 2.24) is 0 Å². The first-order valence-corrected chi connectivity index (χ1v) is 7.35. The van der Waals surface area contributed by atoms with Crippen molar-refractivity contribution >= 4 is 0 Å². The fourth-order valence-corrected chi connectivity index (χ4v) is 2.28. The lowest BCUT2D eigenvalue weighted by Gasteiger charge is -2.29. The van der Waals surface area contributed by atoms with Gasteiger partial charge in [-0.15, -0.1) is 0 Å². The van der Waals surface area contributed by atoms with E-state index >= 15 is 0 Å². The van der Waals surface area contributed by atoms with Crippen LogP contribution in [0.5, 0.6) is 0 Å². The average Bonchev–Trinajstić information content (AvgIpc) is 2.38. The van der Waals surface area contributed by atoms with Gasteiger partial charge >= 0.3 is 0 Å². The summed E-state index contributed by atoms with van der Waals surface area (Å²) in [4.78, 5) is 0. The molecule has 0 heterocycles. The molecule has 0 bridgehead atoms. The maximum atomic E-state index is 5.47. The molecule has 0 aromatic rings. The van der Waals surface area contributed by atoms with E-state index in [-0.39, 0.29) is 5.79 Å². The van der Waals surface area contributed by atoms with Crippen molar-refractivity contribution in [2.24, 2.45) is 0 Å². The Bertz CT molecular complexity index is 145. The molecule has 0 saturated heterocycles. The summed E-state index contributed by atoms with van der Waals surface area (Å²) in [6, 6.07) is 0. The van der Waals surface area contributed by atoms with Gasteiger partial charge in [-0.1, -0.05) is 58.8 Å². The maximum Gasteiger partial charge on any atom is 0.167 e. The van der Waals surface area contributed by atoms with E-state index in [4.69, 9.17) is 9.47 Å². The molecule has 0 atom stereocenters. The van der Waals surface area contributed by atoms with Crippen molar-refractivity contribution in [3.63, 3.8) is 0 Å². The van der Waals surface area contributed by atoms with Crippen LogP contribution in [0, 0.1) is 0 Å². The molecule has 2 nitrogen and oxygen atoms in total. The van der Waals surface area contributed by atoms with Crippen LogP contribution in [-0.4, -0.2) is 20.0 Å². The van der Waals surface area contributed by atoms with E-state index in [1.807, 2.05) is 0 Å². The predicted molar refractivity (Wildman–Crippen MR) is 74.3 cm³/mol. The smallest absolute Gasteiger partial charge is 0.167 e. The molecule has 0 amide bonds. The molecule has 0 radical (unpaired) electrons. The zero-order valence-electron chi connectivity index (χ0n) is 12.4. The van der Waals surface area contributed by atoms with Crippen LogP contribution in [0.4, 0.5) is 0 Å². The standard InChI is InChI=1S/C15H32O2/c1-5-7-8-9-10-11-12-13-14-15(6-2,16-3)17-4/h5-14H2,1-4H3. The van der Waals surface area contributed by atoms with E-state index < -0.39 is 0 Å². The highest BCUT2D eigenvalue weighted by Gasteiger charge is 2.25. The second kappa shape index (κ2) is 11.0. The fourth-order valence-electron chi connectivity index (χ4n) is 2.28. The van der Waals surface area contributed by atoms with Crippen LogP contribution >= 0.6 is 0 Å². The first kappa shape index (κ1) is 16.9. The van der Waals surface area contributed by atoms with Crippen LogP contribution < -0.4 is 0 Å². The van der Waals surface area contributed by atoms with Crippen molar-refractivity contribution in [1.29, 1.82) is 0 Å². The van der Waals surface area contributed by atoms with Crippen LogP contribution in [0.15, 0.2) is 0 Å². The number of hydrogen-bond donors (Lipinski definition) is 0. The normalized spacial score (nSPS) is 12.0. The molecule has 0 N–H and O–H groups in total. The summed E-state index contributed by atoms with van der Waals surface area (Å²) in [5, 5.41) is 0. The van der Waals surface area contributed by atoms with E-state index in [1.165, 1.54) is 51.4 Å². The second-order valence-electron chi connectivity index (χ2n) is 4.90. The molecule has 0 fully saturated rings. The molecule has 0 aliphatic carbocycles. The SMILES string of the molecule is CCCCCCCCCCC(CC)(OC)OC. The minimum atomic E-state index is -0.331. The summed E-state index contributed by atoms with van der Waals surface area (Å²) in [6.45, 7) is 4.39. The molecule has 104 valence electrons. The van der Waals surface area contributed by atoms with Gasteiger partial charge in [-0.05, 0) is 12.8 Å². The third kappa shape index (κ3) is 7.77. The third-order valence-electron chi connectivity index (χ3n) is 3.69. The number of unbranched alkanes of at least 4 members (excludes halogenated alkanes) is 7. The Morgan fingerprint density at radius 1 is 0.706 bits per heavy atom. The molecule has 0 aliphatic heterocycles. The van der Waals surface area contributed by atoms with E-state index in [0.29, 0.717) is 0 Å². The topological polar surface area (TPSA) is 18.5 Å². The highest BCUT2D eigenvalue weighted by Crippen LogP contribution is 2.24. The molecule has 0 aromatic carbocycles. The molecule has 0 rings (SSSR count). The van der Waals surface area contributed by atoms with Gasteiger partial charge in [0.25, 0.3) is 0 Å². The first-order valence-electron chi connectivity index (χ1n) is 7.35.